The lowest BCUT2D eigenvalue weighted by molar-refractivity contribution is -0.126. The summed E-state index contributed by atoms with van der Waals surface area (Å²) in [6.07, 6.45) is -0.748. The van der Waals surface area contributed by atoms with Crippen molar-refractivity contribution in [2.75, 3.05) is 13.7 Å². The van der Waals surface area contributed by atoms with Crippen LogP contribution in [0.4, 0.5) is 0 Å². The predicted molar refractivity (Wildman–Crippen MR) is 86.3 cm³/mol. The number of amides is 1. The van der Waals surface area contributed by atoms with Crippen molar-refractivity contribution in [3.63, 3.8) is 0 Å². The number of ether oxygens (including phenoxy) is 2. The molecule has 1 aliphatic heterocycles. The van der Waals surface area contributed by atoms with Crippen molar-refractivity contribution in [2.24, 2.45) is 0 Å². The van der Waals surface area contributed by atoms with Crippen LogP contribution in [0.1, 0.15) is 24.0 Å². The Balaban J connectivity index is 1.93. The molecule has 1 saturated heterocycles. The summed E-state index contributed by atoms with van der Waals surface area (Å²) in [5.41, 5.74) is 0.746. The van der Waals surface area contributed by atoms with Crippen molar-refractivity contribution in [1.82, 2.24) is 9.56 Å². The van der Waals surface area contributed by atoms with Gasteiger partial charge >= 0.3 is 5.91 Å². The molecule has 1 N–H and O–H groups in total. The topological polar surface area (TPSA) is 95.5 Å². The first-order chi connectivity index (χ1) is 11.6. The smallest absolute Gasteiger partial charge is 0.313 e. The fraction of sp³-hybridized carbons (Fsp3) is 0.375. The molecule has 8 heteroatoms. The van der Waals surface area contributed by atoms with Crippen LogP contribution in [0.2, 0.25) is 0 Å². The third-order valence-corrected chi connectivity index (χ3v) is 4.76. The van der Waals surface area contributed by atoms with E-state index < -0.39 is 12.2 Å². The quantitative estimate of drug-likeness (QED) is 0.636. The molecule has 2 atom stereocenters. The van der Waals surface area contributed by atoms with E-state index in [4.69, 9.17) is 14.7 Å². The predicted octanol–water partition coefficient (Wildman–Crippen LogP) is 0.816. The van der Waals surface area contributed by atoms with E-state index in [1.54, 1.807) is 12.1 Å². The van der Waals surface area contributed by atoms with E-state index in [0.717, 1.165) is 10.2 Å². The zero-order valence-corrected chi connectivity index (χ0v) is 13.8. The molecular weight excluding hydrogens is 330 g/mol. The Morgan fingerprint density at radius 2 is 2.50 bits per heavy atom. The fourth-order valence-corrected chi connectivity index (χ4v) is 3.42. The normalized spacial score (nSPS) is 20.9. The standard InChI is InChI=1S/C16H16N3O4S/c1-22-8-13-16(21)19(9-23-13)10-4-5-11-14(7-10)24-15(18-11)12(20)3-2-6-17/h4-5,7,9,12-13,20H,2-3,8H2,1H3/q-1/t12-,13+/m0/s1. The molecule has 0 saturated carbocycles. The Kier molecular flexibility index (Phi) is 4.97. The first-order valence-corrected chi connectivity index (χ1v) is 8.22. The van der Waals surface area contributed by atoms with E-state index >= 15 is 0 Å². The molecule has 1 aliphatic rings. The molecule has 0 unspecified atom stereocenters. The summed E-state index contributed by atoms with van der Waals surface area (Å²) < 4.78 is 12.6. The zero-order chi connectivity index (χ0) is 17.1. The number of methoxy groups -OCH3 is 1. The van der Waals surface area contributed by atoms with Gasteiger partial charge in [-0.3, -0.25) is 9.37 Å². The molecule has 1 aromatic carbocycles. The van der Waals surface area contributed by atoms with E-state index in [-0.39, 0.29) is 18.9 Å². The second kappa shape index (κ2) is 7.15. The highest BCUT2D eigenvalue weighted by Crippen LogP contribution is 2.27. The summed E-state index contributed by atoms with van der Waals surface area (Å²) in [6.45, 7) is 1.58. The van der Waals surface area contributed by atoms with Crippen molar-refractivity contribution in [1.29, 1.82) is 5.26 Å². The average molecular weight is 346 g/mol. The van der Waals surface area contributed by atoms with Crippen LogP contribution < -0.4 is 9.93 Å². The van der Waals surface area contributed by atoms with Crippen LogP contribution in [-0.2, 0) is 14.3 Å². The highest BCUT2D eigenvalue weighted by atomic mass is 32.1. The Labute approximate surface area is 142 Å². The number of thiazole rings is 1. The van der Waals surface area contributed by atoms with Crippen molar-refractivity contribution >= 4 is 27.5 Å². The van der Waals surface area contributed by atoms with E-state index in [9.17, 15) is 9.90 Å². The zero-order valence-electron chi connectivity index (χ0n) is 13.0. The van der Waals surface area contributed by atoms with Gasteiger partial charge in [0.05, 0.1) is 12.7 Å². The number of carbonyl (C=O) groups excluding carboxylic acids is 1. The van der Waals surface area contributed by atoms with Crippen LogP contribution in [0.5, 0.6) is 0 Å². The fourth-order valence-electron chi connectivity index (χ4n) is 2.40. The summed E-state index contributed by atoms with van der Waals surface area (Å²) in [7, 11) is 1.52. The summed E-state index contributed by atoms with van der Waals surface area (Å²) in [5, 5.41) is 19.9. The molecule has 0 bridgehead atoms. The molecule has 126 valence electrons. The van der Waals surface area contributed by atoms with E-state index in [1.807, 2.05) is 12.1 Å². The highest BCUT2D eigenvalue weighted by molar-refractivity contribution is 7.18. The third-order valence-electron chi connectivity index (χ3n) is 3.64. The van der Waals surface area contributed by atoms with Gasteiger partial charge in [-0.25, -0.2) is 0 Å². The molecule has 1 fully saturated rings. The lowest BCUT2D eigenvalue weighted by Gasteiger charge is -2.04. The van der Waals surface area contributed by atoms with Gasteiger partial charge in [-0.2, -0.15) is 17.4 Å². The Morgan fingerprint density at radius 1 is 1.67 bits per heavy atom. The number of rotatable bonds is 5. The second-order valence-electron chi connectivity index (χ2n) is 5.31. The molecule has 1 aromatic heterocycles. The van der Waals surface area contributed by atoms with Crippen LogP contribution in [-0.4, -0.2) is 35.8 Å². The number of aromatic nitrogens is 1. The number of hydrogen-bond donors (Lipinski definition) is 1. The number of aliphatic hydroxyl groups is 1. The molecule has 7 nitrogen and oxygen atoms in total. The van der Waals surface area contributed by atoms with Gasteiger partial charge in [0.1, 0.15) is 11.1 Å². The Hall–Kier alpha value is -2.18. The van der Waals surface area contributed by atoms with Crippen LogP contribution in [0.3, 0.4) is 0 Å². The molecular formula is C16H16N3O4S-. The van der Waals surface area contributed by atoms with Gasteiger partial charge in [0.15, 0.2) is 12.8 Å². The van der Waals surface area contributed by atoms with Crippen molar-refractivity contribution < 1.29 is 19.4 Å². The average Bonchev–Trinajstić information content (AvgIpc) is 3.16. The van der Waals surface area contributed by atoms with Gasteiger partial charge in [0, 0.05) is 18.9 Å². The van der Waals surface area contributed by atoms with Gasteiger partial charge in [-0.1, -0.05) is 4.70 Å². The summed E-state index contributed by atoms with van der Waals surface area (Å²) in [6, 6.07) is 7.42. The second-order valence-corrected chi connectivity index (χ2v) is 6.37. The molecule has 3 rings (SSSR count). The number of benzene rings is 1. The third kappa shape index (κ3) is 3.20. The maximum Gasteiger partial charge on any atom is 0.313 e. The monoisotopic (exact) mass is 346 g/mol. The number of carbonyl (C=O) groups is 1. The van der Waals surface area contributed by atoms with Crippen molar-refractivity contribution in [2.45, 2.75) is 25.0 Å². The SMILES string of the molecule is COC[C@H]1O[CH-][N+](=c2cc3sc([C@@H](O)CCC#N)nc3c[cH-]2)C1=O. The number of nitrogens with zero attached hydrogens (tertiary/aromatic N) is 3. The summed E-state index contributed by atoms with van der Waals surface area (Å²) >= 11 is 1.35. The molecule has 2 heterocycles. The van der Waals surface area contributed by atoms with Gasteiger partial charge in [0.2, 0.25) is 0 Å². The molecule has 24 heavy (non-hydrogen) atoms. The number of nitriles is 1. The molecule has 1 amide bonds. The van der Waals surface area contributed by atoms with Crippen molar-refractivity contribution in [3.05, 3.63) is 35.3 Å². The minimum Gasteiger partial charge on any atom is -0.386 e. The maximum absolute atomic E-state index is 12.3. The minimum absolute atomic E-state index is 0.185. The van der Waals surface area contributed by atoms with Crippen LogP contribution in [0.15, 0.2) is 18.2 Å². The van der Waals surface area contributed by atoms with Gasteiger partial charge < -0.3 is 19.6 Å². The van der Waals surface area contributed by atoms with E-state index in [0.29, 0.717) is 16.8 Å². The minimum atomic E-state index is -0.750. The van der Waals surface area contributed by atoms with Crippen LogP contribution in [0.25, 0.3) is 10.2 Å². The molecule has 0 aliphatic carbocycles. The molecule has 2 aromatic rings. The lowest BCUT2D eigenvalue weighted by atomic mass is 10.2. The first kappa shape index (κ1) is 16.7. The Morgan fingerprint density at radius 3 is 3.25 bits per heavy atom. The summed E-state index contributed by atoms with van der Waals surface area (Å²) in [5.74, 6) is -0.185. The van der Waals surface area contributed by atoms with Gasteiger partial charge in [-0.15, -0.1) is 17.4 Å². The number of aliphatic hydroxyl groups excluding tert-OH is 1. The maximum atomic E-state index is 12.3. The highest BCUT2D eigenvalue weighted by Gasteiger charge is 2.29. The van der Waals surface area contributed by atoms with E-state index in [1.165, 1.54) is 29.8 Å². The van der Waals surface area contributed by atoms with Gasteiger partial charge in [-0.05, 0) is 11.9 Å². The Bertz CT molecular complexity index is 864. The molecule has 0 radical (unpaired) electrons. The number of hydrogen-bond acceptors (Lipinski definition) is 7. The van der Waals surface area contributed by atoms with Gasteiger partial charge in [0.25, 0.3) is 0 Å². The lowest BCUT2D eigenvalue weighted by Crippen LogP contribution is -2.34. The van der Waals surface area contributed by atoms with Crippen molar-refractivity contribution in [3.8, 4) is 6.07 Å². The first-order valence-electron chi connectivity index (χ1n) is 7.40. The largest absolute Gasteiger partial charge is 0.386 e. The number of fused-ring (bicyclic) bond motifs is 1. The van der Waals surface area contributed by atoms with Crippen LogP contribution in [0, 0.1) is 18.1 Å². The van der Waals surface area contributed by atoms with Crippen LogP contribution >= 0.6 is 11.3 Å². The molecule has 0 spiro atoms. The van der Waals surface area contributed by atoms with E-state index in [2.05, 4.69) is 4.98 Å². The summed E-state index contributed by atoms with van der Waals surface area (Å²) in [4.78, 5) is 16.7.